The van der Waals surface area contributed by atoms with Crippen molar-refractivity contribution in [3.05, 3.63) is 27.5 Å². The number of aromatic carboxylic acids is 1. The third-order valence-corrected chi connectivity index (χ3v) is 1.76. The van der Waals surface area contributed by atoms with E-state index in [9.17, 15) is 9.90 Å². The molecule has 0 spiro atoms. The summed E-state index contributed by atoms with van der Waals surface area (Å²) in [4.78, 5) is 13.9. The van der Waals surface area contributed by atoms with Crippen molar-refractivity contribution in [3.8, 4) is 0 Å². The molecule has 0 aromatic carbocycles. The van der Waals surface area contributed by atoms with Gasteiger partial charge in [-0.2, -0.15) is 0 Å². The third-order valence-electron chi connectivity index (χ3n) is 1.03. The fraction of sp³-hybridized carbons (Fsp3) is 0. The average molecular weight is 258 g/mol. The van der Waals surface area contributed by atoms with E-state index in [1.807, 2.05) is 0 Å². The number of hydrogen-bond acceptors (Lipinski definition) is 3. The van der Waals surface area contributed by atoms with Gasteiger partial charge in [-0.15, -0.1) is 0 Å². The SMILES string of the molecule is O=C([O-])c1cc(Br)cnc1Cl.[Na+]. The maximum atomic E-state index is 10.3. The average Bonchev–Trinajstić information content (AvgIpc) is 1.94. The number of carbonyl (C=O) groups is 1. The zero-order valence-electron chi connectivity index (χ0n) is 6.17. The van der Waals surface area contributed by atoms with Crippen LogP contribution in [0.3, 0.4) is 0 Å². The molecular formula is C6H2BrClNNaO2. The van der Waals surface area contributed by atoms with Crippen molar-refractivity contribution in [1.82, 2.24) is 4.98 Å². The summed E-state index contributed by atoms with van der Waals surface area (Å²) in [6, 6.07) is 1.34. The van der Waals surface area contributed by atoms with E-state index in [-0.39, 0.29) is 40.3 Å². The second-order valence-electron chi connectivity index (χ2n) is 1.78. The number of carboxylic acids is 1. The van der Waals surface area contributed by atoms with Gasteiger partial charge in [0.15, 0.2) is 0 Å². The van der Waals surface area contributed by atoms with Crippen LogP contribution in [0, 0.1) is 0 Å². The maximum absolute atomic E-state index is 10.3. The van der Waals surface area contributed by atoms with Crippen LogP contribution in [0.4, 0.5) is 0 Å². The molecule has 0 N–H and O–H groups in total. The van der Waals surface area contributed by atoms with Crippen LogP contribution in [-0.4, -0.2) is 11.0 Å². The second kappa shape index (κ2) is 5.19. The number of carboxylic acid groups (broad SMARTS) is 1. The Morgan fingerprint density at radius 3 is 2.67 bits per heavy atom. The molecule has 0 atom stereocenters. The monoisotopic (exact) mass is 257 g/mol. The van der Waals surface area contributed by atoms with Crippen LogP contribution in [0.2, 0.25) is 5.15 Å². The fourth-order valence-corrected chi connectivity index (χ4v) is 1.08. The Bertz CT molecular complexity index is 308. The van der Waals surface area contributed by atoms with E-state index in [1.165, 1.54) is 12.3 Å². The minimum Gasteiger partial charge on any atom is -0.545 e. The minimum atomic E-state index is -1.33. The van der Waals surface area contributed by atoms with Gasteiger partial charge in [-0.05, 0) is 22.0 Å². The number of carbonyl (C=O) groups excluding carboxylic acids is 1. The van der Waals surface area contributed by atoms with Crippen LogP contribution >= 0.6 is 27.5 Å². The summed E-state index contributed by atoms with van der Waals surface area (Å²) < 4.78 is 0.557. The van der Waals surface area contributed by atoms with Crippen LogP contribution in [0.25, 0.3) is 0 Å². The summed E-state index contributed by atoms with van der Waals surface area (Å²) in [7, 11) is 0. The summed E-state index contributed by atoms with van der Waals surface area (Å²) in [6.07, 6.45) is 1.41. The number of rotatable bonds is 1. The number of hydrogen-bond donors (Lipinski definition) is 0. The van der Waals surface area contributed by atoms with Crippen molar-refractivity contribution < 1.29 is 39.5 Å². The number of pyridine rings is 1. The molecule has 0 aliphatic rings. The molecule has 0 fully saturated rings. The summed E-state index contributed by atoms with van der Waals surface area (Å²) in [6.45, 7) is 0. The summed E-state index contributed by atoms with van der Waals surface area (Å²) >= 11 is 8.49. The Morgan fingerprint density at radius 2 is 2.25 bits per heavy atom. The van der Waals surface area contributed by atoms with Crippen molar-refractivity contribution >= 4 is 33.5 Å². The molecule has 0 saturated heterocycles. The Hall–Kier alpha value is 0.390. The summed E-state index contributed by atoms with van der Waals surface area (Å²) in [5, 5.41) is 10.3. The number of halogens is 2. The standard InChI is InChI=1S/C6H3BrClNO2.Na/c7-3-1-4(6(10)11)5(8)9-2-3;/h1-2H,(H,10,11);/q;+1/p-1. The van der Waals surface area contributed by atoms with E-state index in [2.05, 4.69) is 20.9 Å². The van der Waals surface area contributed by atoms with Crippen molar-refractivity contribution in [2.24, 2.45) is 0 Å². The van der Waals surface area contributed by atoms with Crippen molar-refractivity contribution in [3.63, 3.8) is 0 Å². The van der Waals surface area contributed by atoms with Crippen LogP contribution in [0.15, 0.2) is 16.7 Å². The van der Waals surface area contributed by atoms with E-state index >= 15 is 0 Å². The van der Waals surface area contributed by atoms with Crippen LogP contribution in [-0.2, 0) is 0 Å². The van der Waals surface area contributed by atoms with Gasteiger partial charge >= 0.3 is 29.6 Å². The molecule has 0 bridgehead atoms. The smallest absolute Gasteiger partial charge is 0.545 e. The number of aromatic nitrogens is 1. The van der Waals surface area contributed by atoms with Crippen LogP contribution in [0.1, 0.15) is 10.4 Å². The normalized spacial score (nSPS) is 8.83. The Balaban J connectivity index is 0.00000121. The fourth-order valence-electron chi connectivity index (χ4n) is 0.566. The molecule has 1 aromatic heterocycles. The van der Waals surface area contributed by atoms with Gasteiger partial charge in [-0.3, -0.25) is 0 Å². The molecule has 0 radical (unpaired) electrons. The van der Waals surface area contributed by atoms with E-state index in [0.717, 1.165) is 0 Å². The Morgan fingerprint density at radius 1 is 1.67 bits per heavy atom. The molecule has 58 valence electrons. The molecule has 0 unspecified atom stereocenters. The van der Waals surface area contributed by atoms with Gasteiger partial charge in [0.1, 0.15) is 5.15 Å². The molecule has 3 nitrogen and oxygen atoms in total. The Labute approximate surface area is 105 Å². The first-order valence-electron chi connectivity index (χ1n) is 2.63. The van der Waals surface area contributed by atoms with E-state index in [4.69, 9.17) is 11.6 Å². The molecular weight excluding hydrogens is 256 g/mol. The first kappa shape index (κ1) is 12.4. The molecule has 1 heterocycles. The molecule has 0 aliphatic carbocycles. The minimum absolute atomic E-state index is 0. The second-order valence-corrected chi connectivity index (χ2v) is 3.05. The molecule has 6 heteroatoms. The van der Waals surface area contributed by atoms with Gasteiger partial charge in [0.25, 0.3) is 0 Å². The van der Waals surface area contributed by atoms with Crippen LogP contribution < -0.4 is 34.7 Å². The first-order valence-corrected chi connectivity index (χ1v) is 3.81. The predicted octanol–water partition coefficient (Wildman–Crippen LogP) is -2.13. The number of nitrogens with zero attached hydrogens (tertiary/aromatic N) is 1. The molecule has 0 amide bonds. The van der Waals surface area contributed by atoms with E-state index < -0.39 is 5.97 Å². The van der Waals surface area contributed by atoms with Gasteiger partial charge in [-0.1, -0.05) is 11.6 Å². The predicted molar refractivity (Wildman–Crippen MR) is 41.3 cm³/mol. The van der Waals surface area contributed by atoms with Crippen molar-refractivity contribution in [1.29, 1.82) is 0 Å². The quantitative estimate of drug-likeness (QED) is 0.427. The van der Waals surface area contributed by atoms with Gasteiger partial charge in [0.05, 0.1) is 5.97 Å². The largest absolute Gasteiger partial charge is 1.00 e. The van der Waals surface area contributed by atoms with E-state index in [1.54, 1.807) is 0 Å². The molecule has 1 rings (SSSR count). The molecule has 0 aliphatic heterocycles. The molecule has 12 heavy (non-hydrogen) atoms. The topological polar surface area (TPSA) is 53.0 Å². The van der Waals surface area contributed by atoms with Gasteiger partial charge in [-0.25, -0.2) is 4.98 Å². The first-order chi connectivity index (χ1) is 5.11. The zero-order chi connectivity index (χ0) is 8.43. The summed E-state index contributed by atoms with van der Waals surface area (Å²) in [5.74, 6) is -1.33. The third kappa shape index (κ3) is 3.03. The molecule has 0 saturated carbocycles. The van der Waals surface area contributed by atoms with Gasteiger partial charge in [0, 0.05) is 16.2 Å². The van der Waals surface area contributed by atoms with Gasteiger partial charge in [0.2, 0.25) is 0 Å². The van der Waals surface area contributed by atoms with Crippen molar-refractivity contribution in [2.75, 3.05) is 0 Å². The van der Waals surface area contributed by atoms with Crippen LogP contribution in [0.5, 0.6) is 0 Å². The Kier molecular flexibility index (Phi) is 5.36. The van der Waals surface area contributed by atoms with E-state index in [0.29, 0.717) is 4.47 Å². The molecule has 1 aromatic rings. The van der Waals surface area contributed by atoms with Crippen molar-refractivity contribution in [2.45, 2.75) is 0 Å². The zero-order valence-corrected chi connectivity index (χ0v) is 10.5. The summed E-state index contributed by atoms with van der Waals surface area (Å²) in [5.41, 5.74) is -0.110. The maximum Gasteiger partial charge on any atom is 1.00 e. The van der Waals surface area contributed by atoms with Gasteiger partial charge < -0.3 is 9.90 Å².